The molecule has 0 atom stereocenters. The summed E-state index contributed by atoms with van der Waals surface area (Å²) in [6.45, 7) is 6.11. The fourth-order valence-corrected chi connectivity index (χ4v) is 3.89. The minimum absolute atomic E-state index is 0.0200. The Labute approximate surface area is 159 Å². The topological polar surface area (TPSA) is 86.5 Å². The summed E-state index contributed by atoms with van der Waals surface area (Å²) in [4.78, 5) is 11.5. The molecule has 0 saturated carbocycles. The molecule has 2 aromatic rings. The molecule has 27 heavy (non-hydrogen) atoms. The lowest BCUT2D eigenvalue weighted by molar-refractivity contribution is -0.125. The molecule has 1 amide bonds. The van der Waals surface area contributed by atoms with Gasteiger partial charge in [0, 0.05) is 11.0 Å². The van der Waals surface area contributed by atoms with Gasteiger partial charge in [-0.3, -0.25) is 4.79 Å². The molecular formula is C20H24FNO4S. The molecule has 0 unspecified atom stereocenters. The lowest BCUT2D eigenvalue weighted by Gasteiger charge is -2.24. The van der Waals surface area contributed by atoms with Gasteiger partial charge in [0.25, 0.3) is 0 Å². The van der Waals surface area contributed by atoms with E-state index in [0.717, 1.165) is 6.07 Å². The van der Waals surface area contributed by atoms with E-state index >= 15 is 0 Å². The van der Waals surface area contributed by atoms with Crippen LogP contribution in [0.15, 0.2) is 47.4 Å². The number of amides is 1. The number of nitrogens with two attached hydrogens (primary N) is 1. The Kier molecular flexibility index (Phi) is 5.94. The van der Waals surface area contributed by atoms with E-state index in [4.69, 9.17) is 10.5 Å². The van der Waals surface area contributed by atoms with Crippen LogP contribution >= 0.6 is 0 Å². The highest BCUT2D eigenvalue weighted by atomic mass is 32.2. The second-order valence-corrected chi connectivity index (χ2v) is 9.73. The highest BCUT2D eigenvalue weighted by Gasteiger charge is 2.34. The van der Waals surface area contributed by atoms with Crippen LogP contribution in [0.4, 0.5) is 4.39 Å². The monoisotopic (exact) mass is 393 g/mol. The number of sulfone groups is 1. The Bertz CT molecular complexity index is 938. The second kappa shape index (κ2) is 7.68. The number of hydrogen-bond acceptors (Lipinski definition) is 4. The van der Waals surface area contributed by atoms with Crippen LogP contribution in [0.25, 0.3) is 0 Å². The number of ether oxygens (including phenoxy) is 1. The predicted octanol–water partition coefficient (Wildman–Crippen LogP) is 3.85. The molecule has 0 aliphatic carbocycles. The minimum atomic E-state index is -3.90. The number of rotatable bonds is 7. The summed E-state index contributed by atoms with van der Waals surface area (Å²) in [6, 6.07) is 11.1. The van der Waals surface area contributed by atoms with Crippen LogP contribution < -0.4 is 10.5 Å². The van der Waals surface area contributed by atoms with Crippen molar-refractivity contribution in [1.82, 2.24) is 0 Å². The van der Waals surface area contributed by atoms with Crippen LogP contribution in [0.1, 0.15) is 33.3 Å². The van der Waals surface area contributed by atoms with Gasteiger partial charge in [0.1, 0.15) is 22.2 Å². The van der Waals surface area contributed by atoms with Crippen LogP contribution in [0.5, 0.6) is 11.5 Å². The normalized spacial score (nSPS) is 12.2. The summed E-state index contributed by atoms with van der Waals surface area (Å²) in [5, 5.41) is -0.798. The maximum Gasteiger partial charge on any atom is 0.223 e. The predicted molar refractivity (Wildman–Crippen MR) is 102 cm³/mol. The quantitative estimate of drug-likeness (QED) is 0.774. The molecule has 0 fully saturated rings. The smallest absolute Gasteiger partial charge is 0.223 e. The number of halogens is 1. The summed E-state index contributed by atoms with van der Waals surface area (Å²) < 4.78 is 46.5. The molecular weight excluding hydrogens is 369 g/mol. The first-order valence-electron chi connectivity index (χ1n) is 8.55. The van der Waals surface area contributed by atoms with E-state index in [0.29, 0.717) is 5.75 Å². The van der Waals surface area contributed by atoms with Crippen LogP contribution in [0.3, 0.4) is 0 Å². The molecule has 0 heterocycles. The molecule has 0 radical (unpaired) electrons. The van der Waals surface area contributed by atoms with Gasteiger partial charge in [0.2, 0.25) is 5.91 Å². The third kappa shape index (κ3) is 4.47. The van der Waals surface area contributed by atoms with Crippen LogP contribution in [-0.4, -0.2) is 19.6 Å². The van der Waals surface area contributed by atoms with E-state index in [1.165, 1.54) is 19.9 Å². The summed E-state index contributed by atoms with van der Waals surface area (Å²) in [6.07, 6.45) is -0.165. The van der Waals surface area contributed by atoms with Crippen molar-refractivity contribution in [3.63, 3.8) is 0 Å². The van der Waals surface area contributed by atoms with Gasteiger partial charge in [0.15, 0.2) is 9.84 Å². The second-order valence-electron chi connectivity index (χ2n) is 7.29. The Hall–Kier alpha value is -2.41. The Morgan fingerprint density at radius 3 is 2.26 bits per heavy atom. The lowest BCUT2D eigenvalue weighted by atomic mass is 9.85. The zero-order chi connectivity index (χ0) is 20.4. The van der Waals surface area contributed by atoms with Gasteiger partial charge in [-0.15, -0.1) is 0 Å². The molecule has 0 spiro atoms. The third-order valence-electron chi connectivity index (χ3n) is 4.33. The summed E-state index contributed by atoms with van der Waals surface area (Å²) in [5.74, 6) is -0.927. The third-order valence-corrected chi connectivity index (χ3v) is 6.59. The molecule has 0 bridgehead atoms. The van der Waals surface area contributed by atoms with E-state index in [-0.39, 0.29) is 22.6 Å². The van der Waals surface area contributed by atoms with E-state index < -0.39 is 32.2 Å². The van der Waals surface area contributed by atoms with Crippen LogP contribution in [0.2, 0.25) is 0 Å². The Morgan fingerprint density at radius 2 is 1.74 bits per heavy atom. The van der Waals surface area contributed by atoms with E-state index in [9.17, 15) is 17.6 Å². The number of carbonyl (C=O) groups is 1. The van der Waals surface area contributed by atoms with E-state index in [1.54, 1.807) is 44.2 Å². The van der Waals surface area contributed by atoms with Gasteiger partial charge >= 0.3 is 0 Å². The first-order valence-corrected chi connectivity index (χ1v) is 10.1. The van der Waals surface area contributed by atoms with Crippen molar-refractivity contribution in [3.05, 3.63) is 53.8 Å². The maximum atomic E-state index is 14.7. The van der Waals surface area contributed by atoms with Gasteiger partial charge in [-0.1, -0.05) is 32.0 Å². The van der Waals surface area contributed by atoms with Crippen molar-refractivity contribution >= 4 is 15.7 Å². The fourth-order valence-electron chi connectivity index (χ4n) is 2.52. The first-order chi connectivity index (χ1) is 12.5. The largest absolute Gasteiger partial charge is 0.456 e. The highest BCUT2D eigenvalue weighted by Crippen LogP contribution is 2.38. The molecule has 2 rings (SSSR count). The number of carbonyl (C=O) groups excluding carboxylic acids is 1. The molecule has 2 N–H and O–H groups in total. The Morgan fingerprint density at radius 1 is 1.15 bits per heavy atom. The SMILES string of the molecule is CC(C)S(=O)(=O)c1c(Oc2ccccc2)ccc(F)c1CC(C)(C)C(N)=O. The number of hydrogen-bond donors (Lipinski definition) is 1. The van der Waals surface area contributed by atoms with Crippen molar-refractivity contribution in [3.8, 4) is 11.5 Å². The van der Waals surface area contributed by atoms with Gasteiger partial charge in [-0.25, -0.2) is 12.8 Å². The maximum absolute atomic E-state index is 14.7. The van der Waals surface area contributed by atoms with Crippen molar-refractivity contribution in [2.75, 3.05) is 0 Å². The standard InChI is InChI=1S/C20H24FNO4S/c1-13(2)27(24,25)18-15(12-20(3,4)19(22)23)16(21)10-11-17(18)26-14-8-6-5-7-9-14/h5-11,13H,12H2,1-4H3,(H2,22,23). The zero-order valence-corrected chi connectivity index (χ0v) is 16.6. The van der Waals surface area contributed by atoms with Gasteiger partial charge in [-0.2, -0.15) is 0 Å². The molecule has 0 saturated heterocycles. The summed E-state index contributed by atoms with van der Waals surface area (Å²) in [5.41, 5.74) is 4.18. The molecule has 0 aromatic heterocycles. The van der Waals surface area contributed by atoms with Crippen LogP contribution in [-0.2, 0) is 21.1 Å². The van der Waals surface area contributed by atoms with Crippen molar-refractivity contribution < 1.29 is 22.3 Å². The molecule has 5 nitrogen and oxygen atoms in total. The number of primary amides is 1. The molecule has 0 aliphatic heterocycles. The molecule has 146 valence electrons. The Balaban J connectivity index is 2.71. The van der Waals surface area contributed by atoms with Crippen molar-refractivity contribution in [1.29, 1.82) is 0 Å². The zero-order valence-electron chi connectivity index (χ0n) is 15.8. The lowest BCUT2D eigenvalue weighted by Crippen LogP contribution is -2.34. The van der Waals surface area contributed by atoms with Crippen LogP contribution in [0, 0.1) is 11.2 Å². The van der Waals surface area contributed by atoms with Crippen molar-refractivity contribution in [2.24, 2.45) is 11.1 Å². The van der Waals surface area contributed by atoms with Gasteiger partial charge < -0.3 is 10.5 Å². The summed E-state index contributed by atoms with van der Waals surface area (Å²) >= 11 is 0. The fraction of sp³-hybridized carbons (Fsp3) is 0.350. The first kappa shape index (κ1) is 20.9. The molecule has 0 aliphatic rings. The van der Waals surface area contributed by atoms with Gasteiger partial charge in [0.05, 0.1) is 5.25 Å². The molecule has 2 aromatic carbocycles. The summed E-state index contributed by atoms with van der Waals surface area (Å²) in [7, 11) is -3.90. The van der Waals surface area contributed by atoms with Gasteiger partial charge in [-0.05, 0) is 44.5 Å². The molecule has 7 heteroatoms. The minimum Gasteiger partial charge on any atom is -0.456 e. The van der Waals surface area contributed by atoms with Crippen molar-refractivity contribution in [2.45, 2.75) is 44.3 Å². The average molecular weight is 393 g/mol. The average Bonchev–Trinajstić information content (AvgIpc) is 2.58. The van der Waals surface area contributed by atoms with E-state index in [2.05, 4.69) is 0 Å². The van der Waals surface area contributed by atoms with E-state index in [1.807, 2.05) is 0 Å². The number of benzene rings is 2. The number of para-hydroxylation sites is 1. The highest BCUT2D eigenvalue weighted by molar-refractivity contribution is 7.92.